The zero-order chi connectivity index (χ0) is 20.1. The molecule has 4 nitrogen and oxygen atoms in total. The van der Waals surface area contributed by atoms with Crippen LogP contribution in [0.3, 0.4) is 0 Å². The fraction of sp³-hybridized carbons (Fsp3) is 0.250. The molecular weight excluding hydrogens is 426 g/mol. The molecule has 2 aromatic carbocycles. The van der Waals surface area contributed by atoms with Gasteiger partial charge in [-0.25, -0.2) is 4.98 Å². The van der Waals surface area contributed by atoms with Crippen molar-refractivity contribution in [3.8, 4) is 11.8 Å². The van der Waals surface area contributed by atoms with E-state index in [0.29, 0.717) is 12.3 Å². The van der Waals surface area contributed by atoms with Gasteiger partial charge < -0.3 is 10.1 Å². The van der Waals surface area contributed by atoms with Gasteiger partial charge in [0.25, 0.3) is 0 Å². The summed E-state index contributed by atoms with van der Waals surface area (Å²) in [6.45, 7) is 2.66. The maximum Gasteiger partial charge on any atom is 0.141 e. The van der Waals surface area contributed by atoms with Crippen LogP contribution in [0.15, 0.2) is 64.6 Å². The summed E-state index contributed by atoms with van der Waals surface area (Å²) in [7, 11) is 0. The first kappa shape index (κ1) is 19.6. The molecule has 2 heterocycles. The van der Waals surface area contributed by atoms with E-state index in [-0.39, 0.29) is 0 Å². The van der Waals surface area contributed by atoms with E-state index < -0.39 is 0 Å². The van der Waals surface area contributed by atoms with Gasteiger partial charge >= 0.3 is 0 Å². The van der Waals surface area contributed by atoms with Gasteiger partial charge in [-0.15, -0.1) is 0 Å². The van der Waals surface area contributed by atoms with Gasteiger partial charge in [-0.05, 0) is 73.5 Å². The minimum Gasteiger partial charge on any atom is -0.493 e. The summed E-state index contributed by atoms with van der Waals surface area (Å²) in [5.41, 5.74) is 5.37. The predicted octanol–water partition coefficient (Wildman–Crippen LogP) is 5.48. The molecule has 0 radical (unpaired) electrons. The van der Waals surface area contributed by atoms with Crippen LogP contribution in [0.1, 0.15) is 30.5 Å². The number of halogens is 1. The molecule has 3 aromatic rings. The highest BCUT2D eigenvalue weighted by molar-refractivity contribution is 9.10. The lowest BCUT2D eigenvalue weighted by molar-refractivity contribution is 0.330. The number of ether oxygens (including phenoxy) is 1. The van der Waals surface area contributed by atoms with Crippen molar-refractivity contribution < 1.29 is 4.74 Å². The summed E-state index contributed by atoms with van der Waals surface area (Å²) in [4.78, 5) is 4.37. The zero-order valence-corrected chi connectivity index (χ0v) is 17.7. The lowest BCUT2D eigenvalue weighted by Crippen LogP contribution is -2.24. The lowest BCUT2D eigenvalue weighted by Gasteiger charge is -2.21. The Morgan fingerprint density at radius 1 is 1.10 bits per heavy atom. The number of aromatic nitrogens is 1. The number of pyridine rings is 1. The van der Waals surface area contributed by atoms with Crippen LogP contribution in [0.25, 0.3) is 16.5 Å². The third kappa shape index (κ3) is 4.67. The Bertz CT molecular complexity index is 1090. The number of benzene rings is 2. The number of fused-ring (bicyclic) bond motifs is 1. The second-order valence-corrected chi connectivity index (χ2v) is 7.99. The van der Waals surface area contributed by atoms with E-state index in [9.17, 15) is 0 Å². The van der Waals surface area contributed by atoms with Gasteiger partial charge in [-0.3, -0.25) is 0 Å². The van der Waals surface area contributed by atoms with Gasteiger partial charge in [0.15, 0.2) is 0 Å². The number of nitriles is 1. The van der Waals surface area contributed by atoms with Crippen molar-refractivity contribution in [1.29, 1.82) is 5.26 Å². The topological polar surface area (TPSA) is 57.9 Å². The Morgan fingerprint density at radius 2 is 1.93 bits per heavy atom. The van der Waals surface area contributed by atoms with E-state index in [1.54, 1.807) is 6.07 Å². The third-order valence-corrected chi connectivity index (χ3v) is 5.72. The molecule has 5 heteroatoms. The van der Waals surface area contributed by atoms with Crippen molar-refractivity contribution in [3.63, 3.8) is 0 Å². The van der Waals surface area contributed by atoms with Gasteiger partial charge in [0.1, 0.15) is 17.5 Å². The van der Waals surface area contributed by atoms with E-state index in [4.69, 9.17) is 10.00 Å². The molecule has 1 saturated heterocycles. The molecule has 4 rings (SSSR count). The molecule has 0 bridgehead atoms. The van der Waals surface area contributed by atoms with Gasteiger partial charge in [-0.1, -0.05) is 39.7 Å². The highest BCUT2D eigenvalue weighted by Crippen LogP contribution is 2.30. The number of piperidine rings is 1. The van der Waals surface area contributed by atoms with Crippen molar-refractivity contribution in [1.82, 2.24) is 10.3 Å². The predicted molar refractivity (Wildman–Crippen MR) is 120 cm³/mol. The molecule has 29 heavy (non-hydrogen) atoms. The molecule has 0 aliphatic carbocycles. The maximum atomic E-state index is 9.06. The number of nitrogens with zero attached hydrogens (tertiary/aromatic N) is 2. The molecule has 1 N–H and O–H groups in total. The van der Waals surface area contributed by atoms with E-state index in [2.05, 4.69) is 56.6 Å². The highest BCUT2D eigenvalue weighted by atomic mass is 79.9. The number of hydrogen-bond acceptors (Lipinski definition) is 4. The lowest BCUT2D eigenvalue weighted by atomic mass is 9.92. The van der Waals surface area contributed by atoms with Gasteiger partial charge in [0.2, 0.25) is 0 Å². The zero-order valence-electron chi connectivity index (χ0n) is 16.1. The first-order valence-corrected chi connectivity index (χ1v) is 10.6. The SMILES string of the molecule is N#Cc1ccc2c(OCCC(=C3CCNCC3)c3cccc(Br)c3)cccc2n1. The van der Waals surface area contributed by atoms with Gasteiger partial charge in [0, 0.05) is 16.3 Å². The number of hydrogen-bond donors (Lipinski definition) is 1. The van der Waals surface area contributed by atoms with Crippen LogP contribution >= 0.6 is 15.9 Å². The Labute approximate surface area is 179 Å². The minimum atomic E-state index is 0.419. The summed E-state index contributed by atoms with van der Waals surface area (Å²) in [5, 5.41) is 13.4. The fourth-order valence-corrected chi connectivity index (χ4v) is 4.21. The average molecular weight is 448 g/mol. The van der Waals surface area contributed by atoms with Gasteiger partial charge in [-0.2, -0.15) is 5.26 Å². The van der Waals surface area contributed by atoms with Gasteiger partial charge in [0.05, 0.1) is 12.1 Å². The fourth-order valence-electron chi connectivity index (χ4n) is 3.81. The molecule has 0 spiro atoms. The van der Waals surface area contributed by atoms with E-state index in [0.717, 1.165) is 53.5 Å². The Morgan fingerprint density at radius 3 is 2.72 bits per heavy atom. The molecule has 146 valence electrons. The van der Waals surface area contributed by atoms with Crippen LogP contribution < -0.4 is 10.1 Å². The maximum absolute atomic E-state index is 9.06. The summed E-state index contributed by atoms with van der Waals surface area (Å²) < 4.78 is 7.28. The second-order valence-electron chi connectivity index (χ2n) is 7.07. The molecule has 0 unspecified atom stereocenters. The average Bonchev–Trinajstić information content (AvgIpc) is 2.77. The van der Waals surface area contributed by atoms with Crippen LogP contribution in [-0.4, -0.2) is 24.7 Å². The van der Waals surface area contributed by atoms with Crippen LogP contribution in [0.4, 0.5) is 0 Å². The molecule has 1 aliphatic heterocycles. The van der Waals surface area contributed by atoms with Crippen molar-refractivity contribution in [2.75, 3.05) is 19.7 Å². The number of nitrogens with one attached hydrogen (secondary N) is 1. The van der Waals surface area contributed by atoms with Crippen LogP contribution in [0.5, 0.6) is 5.75 Å². The molecule has 0 atom stereocenters. The summed E-state index contributed by atoms with van der Waals surface area (Å²) in [5.74, 6) is 0.809. The van der Waals surface area contributed by atoms with Crippen LogP contribution in [0, 0.1) is 11.3 Å². The van der Waals surface area contributed by atoms with E-state index in [1.807, 2.05) is 24.3 Å². The summed E-state index contributed by atoms with van der Waals surface area (Å²) in [6, 6.07) is 20.1. The standard InChI is InChI=1S/C24H22BrN3O/c25-19-4-1-3-18(15-19)21(17-9-12-27-13-10-17)11-14-29-24-6-2-5-23-22(24)8-7-20(16-26)28-23/h1-8,15,27H,9-14H2. The summed E-state index contributed by atoms with van der Waals surface area (Å²) in [6.07, 6.45) is 3.01. The summed E-state index contributed by atoms with van der Waals surface area (Å²) >= 11 is 3.60. The number of rotatable bonds is 5. The normalized spacial score (nSPS) is 13.9. The monoisotopic (exact) mass is 447 g/mol. The van der Waals surface area contributed by atoms with E-state index in [1.165, 1.54) is 16.7 Å². The first-order chi connectivity index (χ1) is 14.2. The highest BCUT2D eigenvalue weighted by Gasteiger charge is 2.14. The molecule has 0 amide bonds. The Hall–Kier alpha value is -2.68. The molecular formula is C24H22BrN3O. The molecule has 1 fully saturated rings. The van der Waals surface area contributed by atoms with E-state index >= 15 is 0 Å². The van der Waals surface area contributed by atoms with Crippen molar-refractivity contribution in [2.45, 2.75) is 19.3 Å². The third-order valence-electron chi connectivity index (χ3n) is 5.22. The van der Waals surface area contributed by atoms with Crippen molar-refractivity contribution in [3.05, 3.63) is 75.9 Å². The quantitative estimate of drug-likeness (QED) is 0.562. The second kappa shape index (κ2) is 9.21. The largest absolute Gasteiger partial charge is 0.493 e. The Balaban J connectivity index is 1.56. The minimum absolute atomic E-state index is 0.419. The van der Waals surface area contributed by atoms with Crippen LogP contribution in [-0.2, 0) is 0 Å². The molecule has 0 saturated carbocycles. The van der Waals surface area contributed by atoms with Crippen molar-refractivity contribution in [2.24, 2.45) is 0 Å². The van der Waals surface area contributed by atoms with Crippen LogP contribution in [0.2, 0.25) is 0 Å². The van der Waals surface area contributed by atoms with Crippen molar-refractivity contribution >= 4 is 32.4 Å². The smallest absolute Gasteiger partial charge is 0.141 e. The molecule has 1 aliphatic rings. The molecule has 1 aromatic heterocycles. The Kier molecular flexibility index (Phi) is 6.24. The first-order valence-electron chi connectivity index (χ1n) is 9.85.